The van der Waals surface area contributed by atoms with Gasteiger partial charge in [0.2, 0.25) is 0 Å². The summed E-state index contributed by atoms with van der Waals surface area (Å²) in [6.07, 6.45) is 38.3. The molecule has 0 heterocycles. The normalized spacial score (nSPS) is 12.1. The highest BCUT2D eigenvalue weighted by atomic mass is 14.1. The van der Waals surface area contributed by atoms with Crippen molar-refractivity contribution < 1.29 is 0 Å². The summed E-state index contributed by atoms with van der Waals surface area (Å²) in [6, 6.07) is 0. The predicted molar refractivity (Wildman–Crippen MR) is 147 cm³/mol. The molecule has 31 heavy (non-hydrogen) atoms. The summed E-state index contributed by atoms with van der Waals surface area (Å²) < 4.78 is 0. The van der Waals surface area contributed by atoms with Crippen molar-refractivity contribution >= 4 is 0 Å². The summed E-state index contributed by atoms with van der Waals surface area (Å²) in [7, 11) is 0. The van der Waals surface area contributed by atoms with Gasteiger partial charge in [-0.15, -0.1) is 0 Å². The van der Waals surface area contributed by atoms with E-state index in [1.165, 1.54) is 167 Å². The minimum absolute atomic E-state index is 0. The molecule has 0 aliphatic carbocycles. The van der Waals surface area contributed by atoms with Gasteiger partial charge in [-0.05, 0) is 5.92 Å². The molecule has 0 aliphatic rings. The van der Waals surface area contributed by atoms with E-state index in [4.69, 9.17) is 0 Å². The number of rotatable bonds is 26. The lowest BCUT2D eigenvalue weighted by Gasteiger charge is -2.11. The molecule has 0 spiro atoms. The van der Waals surface area contributed by atoms with Gasteiger partial charge >= 0.3 is 0 Å². The molecular weight excluding hydrogens is 372 g/mol. The van der Waals surface area contributed by atoms with Crippen LogP contribution in [-0.2, 0) is 0 Å². The maximum Gasteiger partial charge on any atom is -0.0443 e. The maximum atomic E-state index is 2.49. The fraction of sp³-hybridized carbons (Fsp3) is 1.00. The summed E-state index contributed by atoms with van der Waals surface area (Å²) in [6.45, 7) is 7.10. The molecule has 0 saturated carbocycles. The fourth-order valence-electron chi connectivity index (χ4n) is 4.81. The lowest BCUT2D eigenvalue weighted by atomic mass is 9.95. The number of hydrogen-bond acceptors (Lipinski definition) is 0. The zero-order valence-electron chi connectivity index (χ0n) is 22.0. The van der Waals surface area contributed by atoms with Crippen molar-refractivity contribution in [3.63, 3.8) is 0 Å². The molecule has 0 nitrogen and oxygen atoms in total. The van der Waals surface area contributed by atoms with Gasteiger partial charge in [0.1, 0.15) is 0 Å². The van der Waals surface area contributed by atoms with E-state index in [0.717, 1.165) is 5.92 Å². The van der Waals surface area contributed by atoms with E-state index in [-0.39, 0.29) is 7.43 Å². The lowest BCUT2D eigenvalue weighted by Crippen LogP contribution is -1.95. The third-order valence-electron chi connectivity index (χ3n) is 7.10. The first-order valence-electron chi connectivity index (χ1n) is 14.8. The first-order chi connectivity index (χ1) is 14.8. The summed E-state index contributed by atoms with van der Waals surface area (Å²) in [5.74, 6) is 0.969. The van der Waals surface area contributed by atoms with Gasteiger partial charge in [0.25, 0.3) is 0 Å². The highest BCUT2D eigenvalue weighted by Crippen LogP contribution is 2.19. The zero-order chi connectivity index (χ0) is 22.0. The molecule has 0 radical (unpaired) electrons. The maximum absolute atomic E-state index is 2.49. The molecule has 0 amide bonds. The van der Waals surface area contributed by atoms with Crippen LogP contribution >= 0.6 is 0 Å². The highest BCUT2D eigenvalue weighted by Gasteiger charge is 2.02. The average molecular weight is 439 g/mol. The molecule has 0 rings (SSSR count). The van der Waals surface area contributed by atoms with Crippen LogP contribution in [0.15, 0.2) is 0 Å². The quantitative estimate of drug-likeness (QED) is 0.118. The molecule has 0 heteroatoms. The second kappa shape index (κ2) is 30.0. The summed E-state index contributed by atoms with van der Waals surface area (Å²) >= 11 is 0. The predicted octanol–water partition coefficient (Wildman–Crippen LogP) is 12.4. The molecular formula is C31H66. The van der Waals surface area contributed by atoms with Crippen molar-refractivity contribution in [1.29, 1.82) is 0 Å². The summed E-state index contributed by atoms with van der Waals surface area (Å²) in [4.78, 5) is 0. The van der Waals surface area contributed by atoms with E-state index in [1.54, 1.807) is 0 Å². The second-order valence-corrected chi connectivity index (χ2v) is 10.5. The van der Waals surface area contributed by atoms with Crippen molar-refractivity contribution in [2.45, 2.75) is 195 Å². The van der Waals surface area contributed by atoms with Crippen LogP contribution in [0, 0.1) is 5.92 Å². The van der Waals surface area contributed by atoms with Gasteiger partial charge in [0.05, 0.1) is 0 Å². The van der Waals surface area contributed by atoms with Crippen molar-refractivity contribution in [2.75, 3.05) is 0 Å². The van der Waals surface area contributed by atoms with Crippen molar-refractivity contribution in [1.82, 2.24) is 0 Å². The van der Waals surface area contributed by atoms with Crippen LogP contribution in [0.25, 0.3) is 0 Å². The Labute approximate surface area is 201 Å². The zero-order valence-corrected chi connectivity index (χ0v) is 22.0. The van der Waals surface area contributed by atoms with E-state index < -0.39 is 0 Å². The molecule has 0 bridgehead atoms. The van der Waals surface area contributed by atoms with Gasteiger partial charge in [-0.2, -0.15) is 0 Å². The standard InChI is InChI=1S/C30H62.CH4/c1-4-6-8-10-12-14-15-16-17-18-19-20-21-23-25-27-29-30(3)28-26-24-22-13-11-9-7-5-2;/h30H,4-29H2,1-3H3;1H4. The summed E-state index contributed by atoms with van der Waals surface area (Å²) in [5, 5.41) is 0. The smallest absolute Gasteiger partial charge is 0.0443 e. The molecule has 0 aromatic rings. The van der Waals surface area contributed by atoms with Crippen LogP contribution in [0.3, 0.4) is 0 Å². The van der Waals surface area contributed by atoms with Crippen molar-refractivity contribution in [3.8, 4) is 0 Å². The van der Waals surface area contributed by atoms with Gasteiger partial charge < -0.3 is 0 Å². The Kier molecular flexibility index (Phi) is 32.1. The Bertz CT molecular complexity index is 282. The SMILES string of the molecule is C.CCCCCCCCCCCCCCCCCCC(C)CCCCCCCCCC. The van der Waals surface area contributed by atoms with E-state index in [2.05, 4.69) is 20.8 Å². The van der Waals surface area contributed by atoms with Crippen LogP contribution in [0.4, 0.5) is 0 Å². The molecule has 190 valence electrons. The molecule has 0 saturated heterocycles. The Balaban J connectivity index is 0. The summed E-state index contributed by atoms with van der Waals surface area (Å²) in [5.41, 5.74) is 0. The van der Waals surface area contributed by atoms with E-state index >= 15 is 0 Å². The number of unbranched alkanes of at least 4 members (excludes halogenated alkanes) is 22. The van der Waals surface area contributed by atoms with E-state index in [9.17, 15) is 0 Å². The Morgan fingerprint density at radius 1 is 0.323 bits per heavy atom. The van der Waals surface area contributed by atoms with Crippen LogP contribution in [0.2, 0.25) is 0 Å². The van der Waals surface area contributed by atoms with Crippen LogP contribution in [0.1, 0.15) is 195 Å². The van der Waals surface area contributed by atoms with E-state index in [0.29, 0.717) is 0 Å². The Morgan fingerprint density at radius 2 is 0.516 bits per heavy atom. The van der Waals surface area contributed by atoms with Gasteiger partial charge in [-0.1, -0.05) is 195 Å². The molecule has 1 atom stereocenters. The first-order valence-corrected chi connectivity index (χ1v) is 14.8. The van der Waals surface area contributed by atoms with Gasteiger partial charge in [0, 0.05) is 0 Å². The first kappa shape index (κ1) is 33.2. The fourth-order valence-corrected chi connectivity index (χ4v) is 4.81. The van der Waals surface area contributed by atoms with Crippen molar-refractivity contribution in [2.24, 2.45) is 5.92 Å². The molecule has 0 aromatic heterocycles. The van der Waals surface area contributed by atoms with Gasteiger partial charge in [0.15, 0.2) is 0 Å². The highest BCUT2D eigenvalue weighted by molar-refractivity contribution is 4.56. The van der Waals surface area contributed by atoms with Gasteiger partial charge in [-0.3, -0.25) is 0 Å². The molecule has 0 aliphatic heterocycles. The monoisotopic (exact) mass is 439 g/mol. The third-order valence-corrected chi connectivity index (χ3v) is 7.10. The van der Waals surface area contributed by atoms with Crippen LogP contribution in [-0.4, -0.2) is 0 Å². The minimum atomic E-state index is 0. The van der Waals surface area contributed by atoms with Crippen LogP contribution < -0.4 is 0 Å². The average Bonchev–Trinajstić information content (AvgIpc) is 2.75. The third kappa shape index (κ3) is 30.0. The second-order valence-electron chi connectivity index (χ2n) is 10.5. The molecule has 0 N–H and O–H groups in total. The lowest BCUT2D eigenvalue weighted by molar-refractivity contribution is 0.430. The minimum Gasteiger partial charge on any atom is -0.0776 e. The van der Waals surface area contributed by atoms with E-state index in [1.807, 2.05) is 0 Å². The molecule has 0 aromatic carbocycles. The Morgan fingerprint density at radius 3 is 0.742 bits per heavy atom. The van der Waals surface area contributed by atoms with Gasteiger partial charge in [-0.25, -0.2) is 0 Å². The number of hydrogen-bond donors (Lipinski definition) is 0. The topological polar surface area (TPSA) is 0 Å². The van der Waals surface area contributed by atoms with Crippen molar-refractivity contribution in [3.05, 3.63) is 0 Å². The van der Waals surface area contributed by atoms with Crippen LogP contribution in [0.5, 0.6) is 0 Å². The molecule has 1 unspecified atom stereocenters. The molecule has 0 fully saturated rings. The Hall–Kier alpha value is 0. The largest absolute Gasteiger partial charge is 0.0776 e.